The van der Waals surface area contributed by atoms with E-state index in [9.17, 15) is 9.59 Å². The van der Waals surface area contributed by atoms with Crippen LogP contribution in [0.25, 0.3) is 0 Å². The van der Waals surface area contributed by atoms with Gasteiger partial charge in [-0.15, -0.1) is 0 Å². The monoisotopic (exact) mass is 448 g/mol. The first-order valence-electron chi connectivity index (χ1n) is 11.4. The summed E-state index contributed by atoms with van der Waals surface area (Å²) in [4.78, 5) is 43.5. The zero-order chi connectivity index (χ0) is 24.0. The largest absolute Gasteiger partial charge is 0.540 e. The van der Waals surface area contributed by atoms with E-state index >= 15 is 0 Å². The maximum atomic E-state index is 11.8. The molecule has 0 aromatic rings. The molecule has 0 N–H and O–H groups in total. The van der Waals surface area contributed by atoms with E-state index in [1.807, 2.05) is 27.7 Å². The normalized spacial score (nSPS) is 12.4. The highest BCUT2D eigenvalue weighted by molar-refractivity contribution is 5.59. The van der Waals surface area contributed by atoms with Gasteiger partial charge in [-0.1, -0.05) is 66.2 Å². The third kappa shape index (κ3) is 16.8. The average Bonchev–Trinajstić information content (AvgIpc) is 2.68. The molecule has 8 nitrogen and oxygen atoms in total. The highest BCUT2D eigenvalue weighted by atomic mass is 17.2. The van der Waals surface area contributed by atoms with E-state index in [-0.39, 0.29) is 13.2 Å². The third-order valence-electron chi connectivity index (χ3n) is 4.60. The minimum Gasteiger partial charge on any atom is -0.432 e. The van der Waals surface area contributed by atoms with E-state index in [0.717, 1.165) is 51.4 Å². The summed E-state index contributed by atoms with van der Waals surface area (Å²) < 4.78 is 10.2. The number of hydrogen-bond donors (Lipinski definition) is 0. The molecule has 0 radical (unpaired) electrons. The maximum absolute atomic E-state index is 11.8. The lowest BCUT2D eigenvalue weighted by atomic mass is 9.96. The number of rotatable bonds is 16. The van der Waals surface area contributed by atoms with E-state index in [0.29, 0.717) is 0 Å². The van der Waals surface area contributed by atoms with Crippen molar-refractivity contribution in [3.8, 4) is 0 Å². The number of carbonyl (C=O) groups excluding carboxylic acids is 2. The van der Waals surface area contributed by atoms with Gasteiger partial charge in [0.1, 0.15) is 24.4 Å². The summed E-state index contributed by atoms with van der Waals surface area (Å²) in [6.07, 6.45) is 6.04. The van der Waals surface area contributed by atoms with Crippen LogP contribution >= 0.6 is 0 Å². The second-order valence-corrected chi connectivity index (χ2v) is 10.0. The molecule has 0 spiro atoms. The molecule has 0 aliphatic carbocycles. The summed E-state index contributed by atoms with van der Waals surface area (Å²) >= 11 is 0. The number of unbranched alkanes of at least 4 members (excludes halogenated alkanes) is 4. The van der Waals surface area contributed by atoms with Crippen LogP contribution in [0.1, 0.15) is 107 Å². The van der Waals surface area contributed by atoms with Gasteiger partial charge in [0.15, 0.2) is 0 Å². The summed E-state index contributed by atoms with van der Waals surface area (Å²) in [7, 11) is 0. The first-order chi connectivity index (χ1) is 14.3. The van der Waals surface area contributed by atoms with Crippen molar-refractivity contribution < 1.29 is 38.6 Å². The number of ether oxygens (including phenoxy) is 2. The Morgan fingerprint density at radius 1 is 0.613 bits per heavy atom. The quantitative estimate of drug-likeness (QED) is 0.109. The van der Waals surface area contributed by atoms with Gasteiger partial charge < -0.3 is 9.47 Å². The van der Waals surface area contributed by atoms with E-state index in [2.05, 4.69) is 13.8 Å². The summed E-state index contributed by atoms with van der Waals surface area (Å²) in [5, 5.41) is 0. The van der Waals surface area contributed by atoms with Gasteiger partial charge in [-0.25, -0.2) is 9.59 Å². The number of carbonyl (C=O) groups is 2. The standard InChI is InChI=1S/C23H44O8/c1-9-11-13-15-22(5,6)30-28-19(24)26-17-21(3,4)18-27-20(25)29-31-23(7,8)16-14-12-10-2/h9-18H2,1-8H3. The van der Waals surface area contributed by atoms with Crippen LogP contribution in [-0.4, -0.2) is 36.7 Å². The van der Waals surface area contributed by atoms with Gasteiger partial charge in [0.2, 0.25) is 0 Å². The Labute approximate surface area is 188 Å². The first-order valence-corrected chi connectivity index (χ1v) is 11.4. The van der Waals surface area contributed by atoms with Gasteiger partial charge in [0.25, 0.3) is 0 Å². The van der Waals surface area contributed by atoms with Crippen molar-refractivity contribution in [2.45, 2.75) is 118 Å². The Balaban J connectivity index is 4.15. The third-order valence-corrected chi connectivity index (χ3v) is 4.60. The Hall–Kier alpha value is -1.54. The molecule has 0 aromatic carbocycles. The molecule has 0 unspecified atom stereocenters. The van der Waals surface area contributed by atoms with Crippen molar-refractivity contribution in [2.75, 3.05) is 13.2 Å². The summed E-state index contributed by atoms with van der Waals surface area (Å²) in [6.45, 7) is 15.2. The molecular formula is C23H44O8. The molecule has 0 rings (SSSR count). The molecule has 0 saturated heterocycles. The lowest BCUT2D eigenvalue weighted by Gasteiger charge is -2.25. The molecule has 0 aliphatic rings. The molecule has 0 fully saturated rings. The van der Waals surface area contributed by atoms with E-state index in [1.165, 1.54) is 0 Å². The predicted octanol–water partition coefficient (Wildman–Crippen LogP) is 6.90. The second kappa shape index (κ2) is 14.5. The predicted molar refractivity (Wildman–Crippen MR) is 117 cm³/mol. The number of hydrogen-bond acceptors (Lipinski definition) is 8. The van der Waals surface area contributed by atoms with Crippen molar-refractivity contribution in [1.29, 1.82) is 0 Å². The topological polar surface area (TPSA) is 89.5 Å². The SMILES string of the molecule is CCCCCC(C)(C)OOC(=O)OCC(C)(C)COC(=O)OOC(C)(C)CCCCC. The maximum Gasteiger partial charge on any atom is 0.540 e. The van der Waals surface area contributed by atoms with Crippen LogP contribution < -0.4 is 0 Å². The highest BCUT2D eigenvalue weighted by Crippen LogP contribution is 2.22. The molecule has 0 heterocycles. The molecule has 0 saturated carbocycles. The lowest BCUT2D eigenvalue weighted by molar-refractivity contribution is -0.321. The Bertz CT molecular complexity index is 470. The molecule has 0 aliphatic heterocycles. The Kier molecular flexibility index (Phi) is 13.8. The van der Waals surface area contributed by atoms with Gasteiger partial charge in [-0.05, 0) is 40.5 Å². The van der Waals surface area contributed by atoms with Crippen molar-refractivity contribution >= 4 is 12.3 Å². The summed E-state index contributed by atoms with van der Waals surface area (Å²) in [5.41, 5.74) is -1.81. The van der Waals surface area contributed by atoms with Crippen LogP contribution in [0.3, 0.4) is 0 Å². The van der Waals surface area contributed by atoms with E-state index in [4.69, 9.17) is 29.0 Å². The fourth-order valence-corrected chi connectivity index (χ4v) is 2.58. The zero-order valence-electron chi connectivity index (χ0n) is 20.8. The van der Waals surface area contributed by atoms with Gasteiger partial charge in [-0.2, -0.15) is 9.78 Å². The van der Waals surface area contributed by atoms with E-state index in [1.54, 1.807) is 13.8 Å². The minimum atomic E-state index is -0.934. The smallest absolute Gasteiger partial charge is 0.432 e. The molecule has 0 aromatic heterocycles. The Morgan fingerprint density at radius 3 is 1.29 bits per heavy atom. The highest BCUT2D eigenvalue weighted by Gasteiger charge is 2.27. The van der Waals surface area contributed by atoms with Gasteiger partial charge in [0, 0.05) is 5.41 Å². The zero-order valence-corrected chi connectivity index (χ0v) is 20.8. The average molecular weight is 449 g/mol. The molecule has 184 valence electrons. The fraction of sp³-hybridized carbons (Fsp3) is 0.913. The lowest BCUT2D eigenvalue weighted by Crippen LogP contribution is -2.31. The van der Waals surface area contributed by atoms with Crippen molar-refractivity contribution in [2.24, 2.45) is 5.41 Å². The first kappa shape index (κ1) is 29.5. The molecule has 0 atom stereocenters. The van der Waals surface area contributed by atoms with E-state index < -0.39 is 28.9 Å². The van der Waals surface area contributed by atoms with Gasteiger partial charge >= 0.3 is 12.3 Å². The van der Waals surface area contributed by atoms with Crippen molar-refractivity contribution in [3.63, 3.8) is 0 Å². The second-order valence-electron chi connectivity index (χ2n) is 10.0. The molecule has 31 heavy (non-hydrogen) atoms. The van der Waals surface area contributed by atoms with Gasteiger partial charge in [-0.3, -0.25) is 9.78 Å². The van der Waals surface area contributed by atoms with Crippen LogP contribution in [0, 0.1) is 5.41 Å². The van der Waals surface area contributed by atoms with Crippen LogP contribution in [0.4, 0.5) is 9.59 Å². The fourth-order valence-electron chi connectivity index (χ4n) is 2.58. The van der Waals surface area contributed by atoms with Crippen molar-refractivity contribution in [3.05, 3.63) is 0 Å². The molecular weight excluding hydrogens is 404 g/mol. The van der Waals surface area contributed by atoms with Crippen LogP contribution in [0.5, 0.6) is 0 Å². The molecule has 0 amide bonds. The van der Waals surface area contributed by atoms with Crippen LogP contribution in [0.15, 0.2) is 0 Å². The minimum absolute atomic E-state index is 0.0257. The molecule has 0 bridgehead atoms. The Morgan fingerprint density at radius 2 is 0.968 bits per heavy atom. The van der Waals surface area contributed by atoms with Gasteiger partial charge in [0.05, 0.1) is 0 Å². The summed E-state index contributed by atoms with van der Waals surface area (Å²) in [6, 6.07) is 0. The summed E-state index contributed by atoms with van der Waals surface area (Å²) in [5.74, 6) is 0. The van der Waals surface area contributed by atoms with Crippen LogP contribution in [0.2, 0.25) is 0 Å². The van der Waals surface area contributed by atoms with Crippen molar-refractivity contribution in [1.82, 2.24) is 0 Å². The molecule has 8 heteroatoms. The van der Waals surface area contributed by atoms with Crippen LogP contribution in [-0.2, 0) is 29.0 Å².